The molecule has 0 bridgehead atoms. The van der Waals surface area contributed by atoms with E-state index >= 15 is 0 Å². The summed E-state index contributed by atoms with van der Waals surface area (Å²) in [6.45, 7) is 4.85. The van der Waals surface area contributed by atoms with Crippen LogP contribution in [0.25, 0.3) is 0 Å². The van der Waals surface area contributed by atoms with Gasteiger partial charge in [0.25, 0.3) is 5.91 Å². The molecule has 3 aromatic rings. The van der Waals surface area contributed by atoms with Gasteiger partial charge < -0.3 is 5.32 Å². The third-order valence-electron chi connectivity index (χ3n) is 5.64. The van der Waals surface area contributed by atoms with Crippen molar-refractivity contribution in [3.05, 3.63) is 69.9 Å². The molecular weight excluding hydrogens is 463 g/mol. The molecule has 0 aliphatic carbocycles. The second-order valence-corrected chi connectivity index (χ2v) is 11.3. The first-order valence-electron chi connectivity index (χ1n) is 10.7. The van der Waals surface area contributed by atoms with Gasteiger partial charge in [0.2, 0.25) is 15.0 Å². The van der Waals surface area contributed by atoms with Crippen LogP contribution in [0.5, 0.6) is 0 Å². The number of piperidine rings is 1. The van der Waals surface area contributed by atoms with Crippen molar-refractivity contribution in [3.8, 4) is 0 Å². The molecule has 2 aromatic carbocycles. The van der Waals surface area contributed by atoms with Gasteiger partial charge in [0.05, 0.1) is 4.90 Å². The summed E-state index contributed by atoms with van der Waals surface area (Å²) in [5.74, 6) is -0.745. The molecule has 10 heteroatoms. The van der Waals surface area contributed by atoms with Crippen molar-refractivity contribution in [1.29, 1.82) is 0 Å². The lowest BCUT2D eigenvalue weighted by molar-refractivity contribution is 0.102. The van der Waals surface area contributed by atoms with Crippen molar-refractivity contribution in [3.63, 3.8) is 0 Å². The fraction of sp³-hybridized carbons (Fsp3) is 0.348. The summed E-state index contributed by atoms with van der Waals surface area (Å²) in [5, 5.41) is 11.5. The standard InChI is InChI=1S/C23H25FN4O3S2/c1-15(2)16-8-10-20(11-9-16)33(30,31)28-12-4-5-17(14-28)22-26-27-23(32-22)21(29)25-19-7-3-6-18(24)13-19/h3,6-11,13,15,17H,4-5,12,14H2,1-2H3,(H,25,29). The van der Waals surface area contributed by atoms with Gasteiger partial charge in [-0.3, -0.25) is 4.79 Å². The fourth-order valence-electron chi connectivity index (χ4n) is 3.78. The lowest BCUT2D eigenvalue weighted by atomic mass is 10.0. The Morgan fingerprint density at radius 3 is 2.64 bits per heavy atom. The number of carbonyl (C=O) groups excluding carboxylic acids is 1. The van der Waals surface area contributed by atoms with Crippen LogP contribution in [0.2, 0.25) is 0 Å². The Bertz CT molecular complexity index is 1240. The topological polar surface area (TPSA) is 92.3 Å². The molecule has 1 fully saturated rings. The monoisotopic (exact) mass is 488 g/mol. The third kappa shape index (κ3) is 5.29. The zero-order valence-electron chi connectivity index (χ0n) is 18.4. The average Bonchev–Trinajstić information content (AvgIpc) is 3.30. The van der Waals surface area contributed by atoms with Crippen LogP contribution < -0.4 is 5.32 Å². The van der Waals surface area contributed by atoms with Crippen LogP contribution in [0, 0.1) is 5.82 Å². The van der Waals surface area contributed by atoms with Crippen molar-refractivity contribution in [2.45, 2.75) is 43.4 Å². The molecule has 1 amide bonds. The van der Waals surface area contributed by atoms with Crippen LogP contribution in [0.15, 0.2) is 53.4 Å². The Hall–Kier alpha value is -2.69. The van der Waals surface area contributed by atoms with Crippen molar-refractivity contribution >= 4 is 33.0 Å². The SMILES string of the molecule is CC(C)c1ccc(S(=O)(=O)N2CCCC(c3nnc(C(=O)Nc4cccc(F)c4)s3)C2)cc1. The zero-order valence-corrected chi connectivity index (χ0v) is 20.0. The first kappa shape index (κ1) is 23.5. The highest BCUT2D eigenvalue weighted by Crippen LogP contribution is 2.32. The van der Waals surface area contributed by atoms with Crippen molar-refractivity contribution in [2.75, 3.05) is 18.4 Å². The minimum atomic E-state index is -3.62. The molecule has 1 atom stereocenters. The van der Waals surface area contributed by atoms with Crippen molar-refractivity contribution < 1.29 is 17.6 Å². The fourth-order valence-corrected chi connectivity index (χ4v) is 6.17. The van der Waals surface area contributed by atoms with E-state index in [2.05, 4.69) is 29.4 Å². The van der Waals surface area contributed by atoms with Crippen LogP contribution in [0.1, 0.15) is 58.9 Å². The molecule has 1 unspecified atom stereocenters. The quantitative estimate of drug-likeness (QED) is 0.547. The van der Waals surface area contributed by atoms with Crippen LogP contribution >= 0.6 is 11.3 Å². The minimum Gasteiger partial charge on any atom is -0.320 e. The number of hydrogen-bond acceptors (Lipinski definition) is 6. The van der Waals surface area contributed by atoms with E-state index in [1.807, 2.05) is 12.1 Å². The van der Waals surface area contributed by atoms with Gasteiger partial charge in [-0.15, -0.1) is 10.2 Å². The van der Waals surface area contributed by atoms with Crippen molar-refractivity contribution in [1.82, 2.24) is 14.5 Å². The van der Waals surface area contributed by atoms with E-state index in [0.29, 0.717) is 29.6 Å². The molecule has 0 spiro atoms. The van der Waals surface area contributed by atoms with E-state index in [9.17, 15) is 17.6 Å². The highest BCUT2D eigenvalue weighted by Gasteiger charge is 2.33. The maximum Gasteiger partial charge on any atom is 0.286 e. The Morgan fingerprint density at radius 2 is 1.94 bits per heavy atom. The maximum absolute atomic E-state index is 13.3. The van der Waals surface area contributed by atoms with E-state index in [1.165, 1.54) is 22.5 Å². The van der Waals surface area contributed by atoms with Crippen LogP contribution in [0.4, 0.5) is 10.1 Å². The number of aromatic nitrogens is 2. The lowest BCUT2D eigenvalue weighted by Crippen LogP contribution is -2.39. The molecule has 1 saturated heterocycles. The Kier molecular flexibility index (Phi) is 6.87. The number of hydrogen-bond donors (Lipinski definition) is 1. The van der Waals surface area contributed by atoms with Gasteiger partial charge in [-0.05, 0) is 54.7 Å². The molecule has 4 rings (SSSR count). The Labute approximate surface area is 196 Å². The summed E-state index contributed by atoms with van der Waals surface area (Å²) in [7, 11) is -3.62. The molecule has 0 saturated carbocycles. The summed E-state index contributed by atoms with van der Waals surface area (Å²) >= 11 is 1.14. The van der Waals surface area contributed by atoms with Gasteiger partial charge in [0.1, 0.15) is 10.8 Å². The summed E-state index contributed by atoms with van der Waals surface area (Å²) in [6.07, 6.45) is 1.46. The molecule has 1 N–H and O–H groups in total. The number of carbonyl (C=O) groups is 1. The highest BCUT2D eigenvalue weighted by molar-refractivity contribution is 7.89. The molecular formula is C23H25FN4O3S2. The maximum atomic E-state index is 13.3. The number of halogens is 1. The number of amides is 1. The Balaban J connectivity index is 1.46. The zero-order chi connectivity index (χ0) is 23.6. The van der Waals surface area contributed by atoms with E-state index in [0.717, 1.165) is 23.3 Å². The smallest absolute Gasteiger partial charge is 0.286 e. The average molecular weight is 489 g/mol. The second kappa shape index (κ2) is 9.66. The minimum absolute atomic E-state index is 0.142. The largest absolute Gasteiger partial charge is 0.320 e. The summed E-state index contributed by atoms with van der Waals surface area (Å²) in [5.41, 5.74) is 1.42. The van der Waals surface area contributed by atoms with E-state index in [4.69, 9.17) is 0 Å². The van der Waals surface area contributed by atoms with E-state index < -0.39 is 21.7 Å². The molecule has 2 heterocycles. The van der Waals surface area contributed by atoms with Gasteiger partial charge in [-0.25, -0.2) is 12.8 Å². The number of anilines is 1. The Morgan fingerprint density at radius 1 is 1.18 bits per heavy atom. The van der Waals surface area contributed by atoms with Gasteiger partial charge in [-0.2, -0.15) is 4.31 Å². The van der Waals surface area contributed by atoms with E-state index in [-0.39, 0.29) is 22.4 Å². The van der Waals surface area contributed by atoms with Crippen LogP contribution in [0.3, 0.4) is 0 Å². The number of benzene rings is 2. The predicted octanol–water partition coefficient (Wildman–Crippen LogP) is 4.62. The molecule has 1 aliphatic heterocycles. The van der Waals surface area contributed by atoms with E-state index in [1.54, 1.807) is 18.2 Å². The number of rotatable bonds is 6. The summed E-state index contributed by atoms with van der Waals surface area (Å²) < 4.78 is 41.2. The normalized spacial score (nSPS) is 17.3. The summed E-state index contributed by atoms with van der Waals surface area (Å²) in [4.78, 5) is 12.8. The third-order valence-corrected chi connectivity index (χ3v) is 8.60. The number of nitrogens with zero attached hydrogens (tertiary/aromatic N) is 3. The molecule has 33 heavy (non-hydrogen) atoms. The first-order valence-corrected chi connectivity index (χ1v) is 13.0. The van der Waals surface area contributed by atoms with Crippen LogP contribution in [-0.2, 0) is 10.0 Å². The molecule has 0 radical (unpaired) electrons. The van der Waals surface area contributed by atoms with Gasteiger partial charge in [0.15, 0.2) is 0 Å². The molecule has 1 aromatic heterocycles. The molecule has 7 nitrogen and oxygen atoms in total. The lowest BCUT2D eigenvalue weighted by Gasteiger charge is -2.30. The van der Waals surface area contributed by atoms with Gasteiger partial charge in [0, 0.05) is 24.7 Å². The second-order valence-electron chi connectivity index (χ2n) is 8.34. The highest BCUT2D eigenvalue weighted by atomic mass is 32.2. The summed E-state index contributed by atoms with van der Waals surface area (Å²) in [6, 6.07) is 12.6. The number of nitrogens with one attached hydrogen (secondary N) is 1. The molecule has 174 valence electrons. The van der Waals surface area contributed by atoms with Gasteiger partial charge in [-0.1, -0.05) is 43.4 Å². The predicted molar refractivity (Wildman–Crippen MR) is 126 cm³/mol. The van der Waals surface area contributed by atoms with Crippen molar-refractivity contribution in [2.24, 2.45) is 0 Å². The van der Waals surface area contributed by atoms with Crippen LogP contribution in [-0.4, -0.2) is 41.9 Å². The molecule has 1 aliphatic rings. The first-order chi connectivity index (χ1) is 15.7. The van der Waals surface area contributed by atoms with Gasteiger partial charge >= 0.3 is 0 Å². The number of sulfonamides is 1.